The second-order valence-electron chi connectivity index (χ2n) is 6.64. The van der Waals surface area contributed by atoms with Gasteiger partial charge in [-0.05, 0) is 43.3 Å². The highest BCUT2D eigenvalue weighted by atomic mass is 16.5. The molecule has 0 aliphatic carbocycles. The summed E-state index contributed by atoms with van der Waals surface area (Å²) in [6.07, 6.45) is -0.504. The van der Waals surface area contributed by atoms with Gasteiger partial charge in [-0.1, -0.05) is 36.4 Å². The largest absolute Gasteiger partial charge is 0.494 e. The van der Waals surface area contributed by atoms with Crippen LogP contribution in [0.3, 0.4) is 0 Å². The fourth-order valence-corrected chi connectivity index (χ4v) is 3.55. The Bertz CT molecular complexity index is 984. The molecule has 1 atom stereocenters. The molecule has 0 saturated heterocycles. The summed E-state index contributed by atoms with van der Waals surface area (Å²) in [5.74, 6) is 0.855. The first kappa shape index (κ1) is 17.4. The SMILES string of the molecule is CCOc1ccc(NC[C@H](O)Cn2c3ccccc3c3ccccc32)cc1. The molecular formula is C23H24N2O2. The average molecular weight is 360 g/mol. The summed E-state index contributed by atoms with van der Waals surface area (Å²) >= 11 is 0. The topological polar surface area (TPSA) is 46.4 Å². The number of ether oxygens (including phenoxy) is 1. The van der Waals surface area contributed by atoms with E-state index < -0.39 is 6.10 Å². The summed E-state index contributed by atoms with van der Waals surface area (Å²) in [7, 11) is 0. The van der Waals surface area contributed by atoms with Gasteiger partial charge in [0.2, 0.25) is 0 Å². The summed E-state index contributed by atoms with van der Waals surface area (Å²) in [4.78, 5) is 0. The minimum atomic E-state index is -0.504. The van der Waals surface area contributed by atoms with E-state index in [1.165, 1.54) is 10.8 Å². The summed E-state index contributed by atoms with van der Waals surface area (Å²) in [5.41, 5.74) is 3.28. The van der Waals surface area contributed by atoms with Crippen LogP contribution < -0.4 is 10.1 Å². The van der Waals surface area contributed by atoms with Crippen molar-refractivity contribution in [3.8, 4) is 5.75 Å². The predicted octanol–water partition coefficient (Wildman–Crippen LogP) is 4.67. The lowest BCUT2D eigenvalue weighted by Gasteiger charge is -2.16. The van der Waals surface area contributed by atoms with Gasteiger partial charge in [0.25, 0.3) is 0 Å². The maximum Gasteiger partial charge on any atom is 0.119 e. The molecule has 0 fully saturated rings. The van der Waals surface area contributed by atoms with Gasteiger partial charge in [-0.25, -0.2) is 0 Å². The van der Waals surface area contributed by atoms with Crippen molar-refractivity contribution in [3.63, 3.8) is 0 Å². The molecule has 0 amide bonds. The second kappa shape index (κ2) is 7.72. The number of benzene rings is 3. The zero-order valence-corrected chi connectivity index (χ0v) is 15.4. The first-order valence-electron chi connectivity index (χ1n) is 9.37. The maximum atomic E-state index is 10.6. The predicted molar refractivity (Wildman–Crippen MR) is 112 cm³/mol. The first-order chi connectivity index (χ1) is 13.3. The zero-order chi connectivity index (χ0) is 18.6. The molecule has 138 valence electrons. The standard InChI is InChI=1S/C23H24N2O2/c1-2-27-19-13-11-17(12-14-19)24-15-18(26)16-25-22-9-5-3-7-20(22)21-8-4-6-10-23(21)25/h3-14,18,24,26H,2,15-16H2,1H3/t18-/m0/s1. The van der Waals surface area contributed by atoms with Crippen molar-refractivity contribution in [1.29, 1.82) is 0 Å². The van der Waals surface area contributed by atoms with Crippen LogP contribution in [0.4, 0.5) is 5.69 Å². The van der Waals surface area contributed by atoms with Gasteiger partial charge in [-0.15, -0.1) is 0 Å². The van der Waals surface area contributed by atoms with E-state index in [1.54, 1.807) is 0 Å². The molecule has 0 aliphatic heterocycles. The second-order valence-corrected chi connectivity index (χ2v) is 6.64. The van der Waals surface area contributed by atoms with E-state index in [0.29, 0.717) is 19.7 Å². The highest BCUT2D eigenvalue weighted by Gasteiger charge is 2.13. The van der Waals surface area contributed by atoms with Gasteiger partial charge in [-0.2, -0.15) is 0 Å². The molecule has 4 nitrogen and oxygen atoms in total. The molecule has 0 bridgehead atoms. The Morgan fingerprint density at radius 1 is 0.889 bits per heavy atom. The molecular weight excluding hydrogens is 336 g/mol. The van der Waals surface area contributed by atoms with Crippen LogP contribution in [-0.4, -0.2) is 28.9 Å². The zero-order valence-electron chi connectivity index (χ0n) is 15.4. The average Bonchev–Trinajstić information content (AvgIpc) is 3.02. The molecule has 27 heavy (non-hydrogen) atoms. The van der Waals surface area contributed by atoms with Crippen LogP contribution in [-0.2, 0) is 6.54 Å². The van der Waals surface area contributed by atoms with E-state index in [-0.39, 0.29) is 0 Å². The molecule has 4 heteroatoms. The van der Waals surface area contributed by atoms with Crippen molar-refractivity contribution in [2.24, 2.45) is 0 Å². The van der Waals surface area contributed by atoms with Gasteiger partial charge in [0.1, 0.15) is 5.75 Å². The maximum absolute atomic E-state index is 10.6. The number of nitrogens with one attached hydrogen (secondary N) is 1. The molecule has 1 heterocycles. The Morgan fingerprint density at radius 2 is 1.48 bits per heavy atom. The van der Waals surface area contributed by atoms with Crippen LogP contribution >= 0.6 is 0 Å². The van der Waals surface area contributed by atoms with Gasteiger partial charge in [0.05, 0.1) is 19.3 Å². The summed E-state index contributed by atoms with van der Waals surface area (Å²) in [6.45, 7) is 3.65. The quantitative estimate of drug-likeness (QED) is 0.504. The van der Waals surface area contributed by atoms with E-state index in [2.05, 4.69) is 46.3 Å². The number of aromatic nitrogens is 1. The number of hydrogen-bond donors (Lipinski definition) is 2. The van der Waals surface area contributed by atoms with E-state index >= 15 is 0 Å². The van der Waals surface area contributed by atoms with E-state index in [4.69, 9.17) is 4.74 Å². The highest BCUT2D eigenvalue weighted by Crippen LogP contribution is 2.28. The molecule has 1 aromatic heterocycles. The van der Waals surface area contributed by atoms with Crippen LogP contribution in [0.2, 0.25) is 0 Å². The fourth-order valence-electron chi connectivity index (χ4n) is 3.55. The van der Waals surface area contributed by atoms with Crippen LogP contribution in [0.25, 0.3) is 21.8 Å². The van der Waals surface area contributed by atoms with Crippen molar-refractivity contribution < 1.29 is 9.84 Å². The van der Waals surface area contributed by atoms with Crippen molar-refractivity contribution in [3.05, 3.63) is 72.8 Å². The van der Waals surface area contributed by atoms with E-state index in [1.807, 2.05) is 43.3 Å². The van der Waals surface area contributed by atoms with Crippen LogP contribution in [0.1, 0.15) is 6.92 Å². The van der Waals surface area contributed by atoms with Gasteiger partial charge in [0, 0.05) is 34.0 Å². The van der Waals surface area contributed by atoms with Crippen molar-refractivity contribution in [1.82, 2.24) is 4.57 Å². The summed E-state index contributed by atoms with van der Waals surface area (Å²) in [6, 6.07) is 24.5. The van der Waals surface area contributed by atoms with Gasteiger partial charge >= 0.3 is 0 Å². The van der Waals surface area contributed by atoms with Crippen LogP contribution in [0.15, 0.2) is 72.8 Å². The number of nitrogens with zero attached hydrogens (tertiary/aromatic N) is 1. The Hall–Kier alpha value is -2.98. The van der Waals surface area contributed by atoms with Gasteiger partial charge in [0.15, 0.2) is 0 Å². The Balaban J connectivity index is 1.50. The molecule has 3 aromatic carbocycles. The number of aliphatic hydroxyl groups is 1. The van der Waals surface area contributed by atoms with Gasteiger partial charge < -0.3 is 19.7 Å². The third-order valence-electron chi connectivity index (χ3n) is 4.78. The first-order valence-corrected chi connectivity index (χ1v) is 9.37. The lowest BCUT2D eigenvalue weighted by atomic mass is 10.2. The summed E-state index contributed by atoms with van der Waals surface area (Å²) < 4.78 is 7.66. The third kappa shape index (κ3) is 3.62. The Labute approximate surface area is 159 Å². The molecule has 4 aromatic rings. The lowest BCUT2D eigenvalue weighted by molar-refractivity contribution is 0.169. The minimum absolute atomic E-state index is 0.481. The number of fused-ring (bicyclic) bond motifs is 3. The smallest absolute Gasteiger partial charge is 0.119 e. The molecule has 2 N–H and O–H groups in total. The highest BCUT2D eigenvalue weighted by molar-refractivity contribution is 6.07. The van der Waals surface area contributed by atoms with Crippen LogP contribution in [0, 0.1) is 0 Å². The number of anilines is 1. The number of rotatable bonds is 7. The number of para-hydroxylation sites is 2. The monoisotopic (exact) mass is 360 g/mol. The van der Waals surface area contributed by atoms with E-state index in [9.17, 15) is 5.11 Å². The number of aliphatic hydroxyl groups excluding tert-OH is 1. The molecule has 0 spiro atoms. The third-order valence-corrected chi connectivity index (χ3v) is 4.78. The van der Waals surface area contributed by atoms with Gasteiger partial charge in [-0.3, -0.25) is 0 Å². The molecule has 4 rings (SSSR count). The Kier molecular flexibility index (Phi) is 4.99. The van der Waals surface area contributed by atoms with Crippen molar-refractivity contribution in [2.45, 2.75) is 19.6 Å². The summed E-state index contributed by atoms with van der Waals surface area (Å²) in [5, 5.41) is 16.4. The fraction of sp³-hybridized carbons (Fsp3) is 0.217. The molecule has 0 saturated carbocycles. The van der Waals surface area contributed by atoms with Crippen molar-refractivity contribution in [2.75, 3.05) is 18.5 Å². The molecule has 0 unspecified atom stereocenters. The molecule has 0 aliphatic rings. The number of hydrogen-bond acceptors (Lipinski definition) is 3. The van der Waals surface area contributed by atoms with E-state index in [0.717, 1.165) is 22.5 Å². The molecule has 0 radical (unpaired) electrons. The lowest BCUT2D eigenvalue weighted by Crippen LogP contribution is -2.24. The minimum Gasteiger partial charge on any atom is -0.494 e. The van der Waals surface area contributed by atoms with Crippen molar-refractivity contribution >= 4 is 27.5 Å². The van der Waals surface area contributed by atoms with Crippen LogP contribution in [0.5, 0.6) is 5.75 Å². The Morgan fingerprint density at radius 3 is 2.07 bits per heavy atom. The normalized spacial score (nSPS) is 12.4.